The van der Waals surface area contributed by atoms with Crippen LogP contribution in [0.15, 0.2) is 18.2 Å². The first-order chi connectivity index (χ1) is 9.61. The highest BCUT2D eigenvalue weighted by molar-refractivity contribution is 5.61. The Kier molecular flexibility index (Phi) is 5.26. The van der Waals surface area contributed by atoms with Gasteiger partial charge < -0.3 is 15.0 Å². The topological polar surface area (TPSA) is 27.7 Å². The minimum Gasteiger partial charge on any atom is -0.489 e. The van der Waals surface area contributed by atoms with Crippen molar-refractivity contribution >= 4 is 5.69 Å². The van der Waals surface area contributed by atoms with Crippen LogP contribution in [0.25, 0.3) is 0 Å². The van der Waals surface area contributed by atoms with E-state index in [1.54, 1.807) is 0 Å². The van der Waals surface area contributed by atoms with Gasteiger partial charge in [-0.1, -0.05) is 19.1 Å². The molecule has 0 saturated heterocycles. The number of likely N-dealkylation sites (N-methyl/N-ethyl adjacent to an activating group) is 2. The molecule has 0 amide bonds. The van der Waals surface area contributed by atoms with Crippen molar-refractivity contribution in [2.24, 2.45) is 0 Å². The summed E-state index contributed by atoms with van der Waals surface area (Å²) in [5, 5.41) is 3.40. The number of hydrogen-bond donors (Lipinski definition) is 1. The van der Waals surface area contributed by atoms with Gasteiger partial charge in [-0.05, 0) is 33.6 Å². The molecule has 2 rings (SSSR count). The Morgan fingerprint density at radius 1 is 1.35 bits per heavy atom. The molecular formula is C16H27N3O. The summed E-state index contributed by atoms with van der Waals surface area (Å²) in [6, 6.07) is 6.91. The second-order valence-electron chi connectivity index (χ2n) is 5.74. The second kappa shape index (κ2) is 6.95. The molecule has 4 nitrogen and oxygen atoms in total. The maximum absolute atomic E-state index is 5.86. The summed E-state index contributed by atoms with van der Waals surface area (Å²) in [4.78, 5) is 4.74. The molecule has 0 aliphatic carbocycles. The minimum absolute atomic E-state index is 0.530. The number of benzene rings is 1. The molecule has 20 heavy (non-hydrogen) atoms. The number of nitrogens with one attached hydrogen (secondary N) is 1. The first kappa shape index (κ1) is 15.1. The molecule has 4 heteroatoms. The smallest absolute Gasteiger partial charge is 0.146 e. The summed E-state index contributed by atoms with van der Waals surface area (Å²) >= 11 is 0. The van der Waals surface area contributed by atoms with E-state index in [2.05, 4.69) is 61.3 Å². The van der Waals surface area contributed by atoms with Crippen LogP contribution in [0.3, 0.4) is 0 Å². The quantitative estimate of drug-likeness (QED) is 0.863. The Labute approximate surface area is 122 Å². The lowest BCUT2D eigenvalue weighted by Gasteiger charge is -2.31. The molecule has 0 fully saturated rings. The lowest BCUT2D eigenvalue weighted by Crippen LogP contribution is -2.39. The van der Waals surface area contributed by atoms with Crippen LogP contribution in [0.4, 0.5) is 5.69 Å². The van der Waals surface area contributed by atoms with Gasteiger partial charge in [-0.3, -0.25) is 4.90 Å². The second-order valence-corrected chi connectivity index (χ2v) is 5.74. The van der Waals surface area contributed by atoms with E-state index in [1.165, 1.54) is 5.56 Å². The summed E-state index contributed by atoms with van der Waals surface area (Å²) in [6.07, 6.45) is 0. The van der Waals surface area contributed by atoms with Gasteiger partial charge >= 0.3 is 0 Å². The van der Waals surface area contributed by atoms with Gasteiger partial charge in [-0.2, -0.15) is 0 Å². The number of rotatable bonds is 6. The molecule has 1 aliphatic rings. The van der Waals surface area contributed by atoms with Crippen LogP contribution in [-0.4, -0.2) is 56.2 Å². The minimum atomic E-state index is 0.530. The van der Waals surface area contributed by atoms with E-state index in [0.29, 0.717) is 6.04 Å². The highest BCUT2D eigenvalue weighted by Crippen LogP contribution is 2.32. The van der Waals surface area contributed by atoms with Crippen LogP contribution in [-0.2, 0) is 6.54 Å². The Bertz CT molecular complexity index is 434. The summed E-state index contributed by atoms with van der Waals surface area (Å²) in [5.41, 5.74) is 2.41. The van der Waals surface area contributed by atoms with E-state index in [9.17, 15) is 0 Å². The molecule has 0 spiro atoms. The number of nitrogens with zero attached hydrogens (tertiary/aromatic N) is 2. The number of anilines is 1. The predicted molar refractivity (Wildman–Crippen MR) is 84.5 cm³/mol. The number of fused-ring (bicyclic) bond motifs is 1. The highest BCUT2D eigenvalue weighted by Gasteiger charge is 2.18. The average Bonchev–Trinajstić information content (AvgIpc) is 2.44. The van der Waals surface area contributed by atoms with E-state index >= 15 is 0 Å². The van der Waals surface area contributed by atoms with Crippen LogP contribution < -0.4 is 10.1 Å². The van der Waals surface area contributed by atoms with E-state index in [-0.39, 0.29) is 0 Å². The third-order valence-electron chi connectivity index (χ3n) is 3.79. The molecule has 0 aromatic heterocycles. The van der Waals surface area contributed by atoms with Crippen molar-refractivity contribution in [1.82, 2.24) is 9.80 Å². The van der Waals surface area contributed by atoms with Crippen LogP contribution in [0, 0.1) is 0 Å². The van der Waals surface area contributed by atoms with Crippen molar-refractivity contribution in [3.63, 3.8) is 0 Å². The van der Waals surface area contributed by atoms with Gasteiger partial charge in [0.15, 0.2) is 0 Å². The van der Waals surface area contributed by atoms with E-state index in [4.69, 9.17) is 4.74 Å². The molecule has 1 aromatic carbocycles. The molecule has 1 atom stereocenters. The maximum atomic E-state index is 5.86. The first-order valence-electron chi connectivity index (χ1n) is 7.49. The summed E-state index contributed by atoms with van der Waals surface area (Å²) < 4.78 is 5.86. The number of ether oxygens (including phenoxy) is 1. The first-order valence-corrected chi connectivity index (χ1v) is 7.49. The van der Waals surface area contributed by atoms with E-state index in [1.807, 2.05) is 0 Å². The van der Waals surface area contributed by atoms with Crippen molar-refractivity contribution in [3.8, 4) is 5.75 Å². The zero-order chi connectivity index (χ0) is 14.5. The summed E-state index contributed by atoms with van der Waals surface area (Å²) in [6.45, 7) is 9.22. The zero-order valence-electron chi connectivity index (χ0n) is 13.1. The molecule has 1 aromatic rings. The average molecular weight is 277 g/mol. The van der Waals surface area contributed by atoms with Gasteiger partial charge in [0.1, 0.15) is 12.4 Å². The van der Waals surface area contributed by atoms with Crippen molar-refractivity contribution in [3.05, 3.63) is 23.8 Å². The molecule has 1 aliphatic heterocycles. The van der Waals surface area contributed by atoms with Crippen molar-refractivity contribution < 1.29 is 4.74 Å². The highest BCUT2D eigenvalue weighted by atomic mass is 16.5. The van der Waals surface area contributed by atoms with Crippen LogP contribution >= 0.6 is 0 Å². The Balaban J connectivity index is 2.11. The monoisotopic (exact) mass is 277 g/mol. The normalized spacial score (nSPS) is 15.7. The Morgan fingerprint density at radius 2 is 2.15 bits per heavy atom. The third kappa shape index (κ3) is 3.64. The van der Waals surface area contributed by atoms with Crippen LogP contribution in [0.5, 0.6) is 5.75 Å². The molecule has 1 unspecified atom stereocenters. The van der Waals surface area contributed by atoms with Gasteiger partial charge in [0, 0.05) is 31.2 Å². The van der Waals surface area contributed by atoms with Crippen LogP contribution in [0.2, 0.25) is 0 Å². The van der Waals surface area contributed by atoms with Crippen LogP contribution in [0.1, 0.15) is 19.4 Å². The molecule has 0 saturated carbocycles. The van der Waals surface area contributed by atoms with Gasteiger partial charge in [0.05, 0.1) is 5.69 Å². The molecular weight excluding hydrogens is 250 g/mol. The predicted octanol–water partition coefficient (Wildman–Crippen LogP) is 2.26. The maximum Gasteiger partial charge on any atom is 0.146 e. The molecule has 1 N–H and O–H groups in total. The van der Waals surface area contributed by atoms with Crippen molar-refractivity contribution in [1.29, 1.82) is 0 Å². The molecule has 0 bridgehead atoms. The van der Waals surface area contributed by atoms with Gasteiger partial charge in [-0.15, -0.1) is 0 Å². The van der Waals surface area contributed by atoms with Gasteiger partial charge in [0.2, 0.25) is 0 Å². The summed E-state index contributed by atoms with van der Waals surface area (Å²) in [7, 11) is 4.25. The van der Waals surface area contributed by atoms with E-state index < -0.39 is 0 Å². The Hall–Kier alpha value is -1.26. The number of hydrogen-bond acceptors (Lipinski definition) is 4. The fraction of sp³-hybridized carbons (Fsp3) is 0.625. The molecule has 112 valence electrons. The molecule has 0 radical (unpaired) electrons. The van der Waals surface area contributed by atoms with E-state index in [0.717, 1.165) is 44.2 Å². The van der Waals surface area contributed by atoms with Crippen molar-refractivity contribution in [2.45, 2.75) is 26.4 Å². The lowest BCUT2D eigenvalue weighted by molar-refractivity contribution is 0.172. The summed E-state index contributed by atoms with van der Waals surface area (Å²) in [5.74, 6) is 1.04. The standard InChI is InChI=1S/C16H27N3O/c1-5-19(13(2)11-18(3)4)12-14-7-6-8-15-16(14)20-10-9-17-15/h6-8,13,17H,5,9-12H2,1-4H3. The fourth-order valence-electron chi connectivity index (χ4n) is 2.80. The Morgan fingerprint density at radius 3 is 2.85 bits per heavy atom. The fourth-order valence-corrected chi connectivity index (χ4v) is 2.80. The number of para-hydroxylation sites is 1. The SMILES string of the molecule is CCN(Cc1cccc2c1OCCN2)C(C)CN(C)C. The molecule has 1 heterocycles. The van der Waals surface area contributed by atoms with Gasteiger partial charge in [-0.25, -0.2) is 0 Å². The largest absolute Gasteiger partial charge is 0.489 e. The lowest BCUT2D eigenvalue weighted by atomic mass is 10.1. The zero-order valence-corrected chi connectivity index (χ0v) is 13.1. The van der Waals surface area contributed by atoms with Crippen molar-refractivity contribution in [2.75, 3.05) is 45.7 Å². The third-order valence-corrected chi connectivity index (χ3v) is 3.79. The van der Waals surface area contributed by atoms with Gasteiger partial charge in [0.25, 0.3) is 0 Å².